The summed E-state index contributed by atoms with van der Waals surface area (Å²) in [5, 5.41) is 15.3. The smallest absolute Gasteiger partial charge is 0.209 e. The molecule has 0 bridgehead atoms. The van der Waals surface area contributed by atoms with Crippen molar-refractivity contribution in [2.45, 2.75) is 11.7 Å². The van der Waals surface area contributed by atoms with Gasteiger partial charge < -0.3 is 5.32 Å². The number of hydrogen-bond donors (Lipinski definition) is 1. The average Bonchev–Trinajstić information content (AvgIpc) is 2.59. The molecule has 0 aliphatic heterocycles. The lowest BCUT2D eigenvalue weighted by Crippen LogP contribution is -2.16. The first kappa shape index (κ1) is 10.2. The summed E-state index contributed by atoms with van der Waals surface area (Å²) in [4.78, 5) is 0. The Morgan fingerprint density at radius 2 is 2.54 bits per heavy atom. The molecule has 0 unspecified atom stereocenters. The Labute approximate surface area is 81.6 Å². The third-order valence-electron chi connectivity index (χ3n) is 1.40. The average molecular weight is 199 g/mol. The highest BCUT2D eigenvalue weighted by molar-refractivity contribution is 7.99. The van der Waals surface area contributed by atoms with Crippen molar-refractivity contribution in [2.24, 2.45) is 0 Å². The molecule has 1 aromatic heterocycles. The SMILES string of the molecule is C=CCSc1nnnn1CCNC. The van der Waals surface area contributed by atoms with Crippen molar-refractivity contribution >= 4 is 11.8 Å². The summed E-state index contributed by atoms with van der Waals surface area (Å²) in [6.07, 6.45) is 1.84. The van der Waals surface area contributed by atoms with E-state index in [4.69, 9.17) is 0 Å². The number of likely N-dealkylation sites (N-methyl/N-ethyl adjacent to an activating group) is 1. The van der Waals surface area contributed by atoms with Gasteiger partial charge in [0.15, 0.2) is 0 Å². The van der Waals surface area contributed by atoms with Crippen molar-refractivity contribution in [1.82, 2.24) is 25.5 Å². The van der Waals surface area contributed by atoms with Gasteiger partial charge in [-0.2, -0.15) is 0 Å². The molecule has 0 amide bonds. The summed E-state index contributed by atoms with van der Waals surface area (Å²) in [7, 11) is 1.90. The Morgan fingerprint density at radius 1 is 1.69 bits per heavy atom. The van der Waals surface area contributed by atoms with E-state index < -0.39 is 0 Å². The van der Waals surface area contributed by atoms with Gasteiger partial charge in [-0.25, -0.2) is 4.68 Å². The number of hydrogen-bond acceptors (Lipinski definition) is 5. The Bertz CT molecular complexity index is 259. The molecular weight excluding hydrogens is 186 g/mol. The van der Waals surface area contributed by atoms with Crippen LogP contribution in [0.3, 0.4) is 0 Å². The molecule has 0 saturated carbocycles. The van der Waals surface area contributed by atoms with Crippen LogP contribution in [-0.2, 0) is 6.54 Å². The first-order valence-electron chi connectivity index (χ1n) is 4.03. The highest BCUT2D eigenvalue weighted by Crippen LogP contribution is 2.12. The molecule has 0 fully saturated rings. The predicted molar refractivity (Wildman–Crippen MR) is 52.7 cm³/mol. The monoisotopic (exact) mass is 199 g/mol. The summed E-state index contributed by atoms with van der Waals surface area (Å²) >= 11 is 1.59. The molecule has 1 N–H and O–H groups in total. The Balaban J connectivity index is 2.49. The van der Waals surface area contributed by atoms with Crippen molar-refractivity contribution in [2.75, 3.05) is 19.3 Å². The highest BCUT2D eigenvalue weighted by atomic mass is 32.2. The number of rotatable bonds is 6. The zero-order valence-corrected chi connectivity index (χ0v) is 8.42. The van der Waals surface area contributed by atoms with E-state index >= 15 is 0 Å². The van der Waals surface area contributed by atoms with Crippen LogP contribution in [0.5, 0.6) is 0 Å². The molecule has 13 heavy (non-hydrogen) atoms. The largest absolute Gasteiger partial charge is 0.318 e. The summed E-state index contributed by atoms with van der Waals surface area (Å²) in [5.41, 5.74) is 0. The molecule has 1 aromatic rings. The van der Waals surface area contributed by atoms with Gasteiger partial charge in [-0.15, -0.1) is 11.7 Å². The Kier molecular flexibility index (Phi) is 4.48. The summed E-state index contributed by atoms with van der Waals surface area (Å²) in [6, 6.07) is 0. The van der Waals surface area contributed by atoms with Crippen LogP contribution in [0.15, 0.2) is 17.8 Å². The second-order valence-electron chi connectivity index (χ2n) is 2.39. The van der Waals surface area contributed by atoms with Crippen molar-refractivity contribution in [3.05, 3.63) is 12.7 Å². The minimum absolute atomic E-state index is 0.795. The zero-order valence-electron chi connectivity index (χ0n) is 7.60. The van der Waals surface area contributed by atoms with Gasteiger partial charge in [-0.1, -0.05) is 17.8 Å². The normalized spacial score (nSPS) is 10.2. The molecule has 1 heterocycles. The molecule has 72 valence electrons. The maximum Gasteiger partial charge on any atom is 0.209 e. The van der Waals surface area contributed by atoms with Crippen molar-refractivity contribution in [1.29, 1.82) is 0 Å². The number of thioether (sulfide) groups is 1. The lowest BCUT2D eigenvalue weighted by molar-refractivity contribution is 0.530. The molecule has 0 spiro atoms. The minimum Gasteiger partial charge on any atom is -0.318 e. The summed E-state index contributed by atoms with van der Waals surface area (Å²) in [6.45, 7) is 5.30. The molecule has 0 aliphatic rings. The molecule has 5 nitrogen and oxygen atoms in total. The molecule has 6 heteroatoms. The van der Waals surface area contributed by atoms with Crippen LogP contribution in [0.4, 0.5) is 0 Å². The minimum atomic E-state index is 0.795. The first-order valence-corrected chi connectivity index (χ1v) is 5.01. The maximum atomic E-state index is 3.90. The second kappa shape index (κ2) is 5.71. The van der Waals surface area contributed by atoms with Crippen molar-refractivity contribution in [3.8, 4) is 0 Å². The van der Waals surface area contributed by atoms with E-state index in [9.17, 15) is 0 Å². The number of aromatic nitrogens is 4. The first-order chi connectivity index (χ1) is 6.38. The quantitative estimate of drug-likeness (QED) is 0.523. The Morgan fingerprint density at radius 3 is 3.23 bits per heavy atom. The highest BCUT2D eigenvalue weighted by Gasteiger charge is 2.03. The van der Waals surface area contributed by atoms with E-state index in [1.807, 2.05) is 13.1 Å². The van der Waals surface area contributed by atoms with Gasteiger partial charge in [0.05, 0.1) is 6.54 Å². The fraction of sp³-hybridized carbons (Fsp3) is 0.571. The van der Waals surface area contributed by atoms with Gasteiger partial charge in [0, 0.05) is 12.3 Å². The van der Waals surface area contributed by atoms with Crippen LogP contribution >= 0.6 is 11.8 Å². The van der Waals surface area contributed by atoms with Crippen LogP contribution in [-0.4, -0.2) is 39.6 Å². The second-order valence-corrected chi connectivity index (χ2v) is 3.37. The van der Waals surface area contributed by atoms with Gasteiger partial charge in [0.25, 0.3) is 0 Å². The topological polar surface area (TPSA) is 55.6 Å². The molecule has 0 atom stereocenters. The van der Waals surface area contributed by atoms with E-state index in [0.717, 1.165) is 24.0 Å². The van der Waals surface area contributed by atoms with Gasteiger partial charge in [0.1, 0.15) is 0 Å². The van der Waals surface area contributed by atoms with Gasteiger partial charge in [-0.05, 0) is 17.5 Å². The number of nitrogens with zero attached hydrogens (tertiary/aromatic N) is 4. The zero-order chi connectivity index (χ0) is 9.52. The standard InChI is InChI=1S/C7H13N5S/c1-3-6-13-7-9-10-11-12(7)5-4-8-2/h3,8H,1,4-6H2,2H3. The lowest BCUT2D eigenvalue weighted by Gasteiger charge is -2.01. The van der Waals surface area contributed by atoms with Crippen LogP contribution in [0.2, 0.25) is 0 Å². The number of tetrazole rings is 1. The molecule has 1 rings (SSSR count). The third-order valence-corrected chi connectivity index (χ3v) is 2.36. The molecule has 0 radical (unpaired) electrons. The predicted octanol–water partition coefficient (Wildman–Crippen LogP) is 0.171. The maximum absolute atomic E-state index is 3.90. The molecule has 0 aromatic carbocycles. The van der Waals surface area contributed by atoms with Gasteiger partial charge >= 0.3 is 0 Å². The fourth-order valence-electron chi connectivity index (χ4n) is 0.791. The summed E-state index contributed by atoms with van der Waals surface area (Å²) in [5.74, 6) is 0.833. The van der Waals surface area contributed by atoms with Crippen molar-refractivity contribution < 1.29 is 0 Å². The van der Waals surface area contributed by atoms with E-state index in [0.29, 0.717) is 0 Å². The van der Waals surface area contributed by atoms with Crippen LogP contribution in [0, 0.1) is 0 Å². The Hall–Kier alpha value is -0.880. The van der Waals surface area contributed by atoms with Crippen LogP contribution < -0.4 is 5.32 Å². The molecular formula is C7H13N5S. The lowest BCUT2D eigenvalue weighted by atomic mass is 10.6. The van der Waals surface area contributed by atoms with E-state index in [1.165, 1.54) is 0 Å². The molecule has 0 saturated heterocycles. The van der Waals surface area contributed by atoms with Crippen LogP contribution in [0.25, 0.3) is 0 Å². The number of nitrogens with one attached hydrogen (secondary N) is 1. The van der Waals surface area contributed by atoms with Crippen molar-refractivity contribution in [3.63, 3.8) is 0 Å². The van der Waals surface area contributed by atoms with Crippen LogP contribution in [0.1, 0.15) is 0 Å². The van der Waals surface area contributed by atoms with E-state index in [1.54, 1.807) is 16.4 Å². The fourth-order valence-corrected chi connectivity index (χ4v) is 1.43. The molecule has 0 aliphatic carbocycles. The van der Waals surface area contributed by atoms with E-state index in [-0.39, 0.29) is 0 Å². The third kappa shape index (κ3) is 3.16. The summed E-state index contributed by atoms with van der Waals surface area (Å²) < 4.78 is 1.78. The van der Waals surface area contributed by atoms with Gasteiger partial charge in [-0.3, -0.25) is 0 Å². The van der Waals surface area contributed by atoms with Gasteiger partial charge in [0.2, 0.25) is 5.16 Å². The van der Waals surface area contributed by atoms with E-state index in [2.05, 4.69) is 27.4 Å².